The van der Waals surface area contributed by atoms with Gasteiger partial charge < -0.3 is 0 Å². The minimum atomic E-state index is 0.156. The molecule has 0 aliphatic rings. The second kappa shape index (κ2) is 4.12. The van der Waals surface area contributed by atoms with E-state index in [9.17, 15) is 0 Å². The van der Waals surface area contributed by atoms with Gasteiger partial charge in [0.2, 0.25) is 0 Å². The minimum Gasteiger partial charge on any atom is -0.257 e. The second-order valence-corrected chi connectivity index (χ2v) is 5.01. The average molecular weight is 191 g/mol. The molecule has 0 amide bonds. The molecule has 0 saturated carbocycles. The molecule has 0 aliphatic carbocycles. The van der Waals surface area contributed by atoms with Crippen molar-refractivity contribution in [3.8, 4) is 0 Å². The first-order chi connectivity index (χ1) is 6.45. The summed E-state index contributed by atoms with van der Waals surface area (Å²) in [6.07, 6.45) is 1.15. The molecule has 0 aliphatic heterocycles. The van der Waals surface area contributed by atoms with Gasteiger partial charge in [0.15, 0.2) is 0 Å². The number of hydrogen-bond donors (Lipinski definition) is 0. The molecule has 0 N–H and O–H groups in total. The fraction of sp³-hybridized carbons (Fsp3) is 0.615. The van der Waals surface area contributed by atoms with Crippen molar-refractivity contribution >= 4 is 0 Å². The normalized spacial score (nSPS) is 14.1. The topological polar surface area (TPSA) is 12.9 Å². The summed E-state index contributed by atoms with van der Waals surface area (Å²) in [6.45, 7) is 11.0. The zero-order chi connectivity index (χ0) is 10.8. The molecule has 0 spiro atoms. The van der Waals surface area contributed by atoms with Crippen LogP contribution in [0, 0.1) is 0 Å². The lowest BCUT2D eigenvalue weighted by Crippen LogP contribution is -2.14. The molecular weight excluding hydrogens is 170 g/mol. The zero-order valence-corrected chi connectivity index (χ0v) is 9.96. The monoisotopic (exact) mass is 191 g/mol. The van der Waals surface area contributed by atoms with Gasteiger partial charge in [-0.3, -0.25) is 4.98 Å². The molecule has 0 saturated heterocycles. The van der Waals surface area contributed by atoms with E-state index >= 15 is 0 Å². The lowest BCUT2D eigenvalue weighted by atomic mass is 9.91. The fourth-order valence-electron chi connectivity index (χ4n) is 1.35. The molecule has 0 bridgehead atoms. The molecule has 1 atom stereocenters. The van der Waals surface area contributed by atoms with Crippen LogP contribution >= 0.6 is 0 Å². The first kappa shape index (κ1) is 11.2. The van der Waals surface area contributed by atoms with Gasteiger partial charge in [-0.1, -0.05) is 40.7 Å². The lowest BCUT2D eigenvalue weighted by molar-refractivity contribution is 0.560. The SMILES string of the molecule is CCC(C)c1cccc(C(C)(C)C)n1. The molecule has 14 heavy (non-hydrogen) atoms. The maximum atomic E-state index is 4.71. The van der Waals surface area contributed by atoms with E-state index in [0.717, 1.165) is 6.42 Å². The molecule has 0 radical (unpaired) electrons. The van der Waals surface area contributed by atoms with Gasteiger partial charge in [0.05, 0.1) is 0 Å². The molecular formula is C13H21N. The van der Waals surface area contributed by atoms with Crippen molar-refractivity contribution in [1.29, 1.82) is 0 Å². The van der Waals surface area contributed by atoms with Gasteiger partial charge >= 0.3 is 0 Å². The Morgan fingerprint density at radius 2 is 1.93 bits per heavy atom. The van der Waals surface area contributed by atoms with Crippen molar-refractivity contribution in [3.05, 3.63) is 29.6 Å². The summed E-state index contributed by atoms with van der Waals surface area (Å²) in [7, 11) is 0. The molecule has 1 heterocycles. The van der Waals surface area contributed by atoms with Crippen LogP contribution in [0.3, 0.4) is 0 Å². The third-order valence-electron chi connectivity index (χ3n) is 2.66. The highest BCUT2D eigenvalue weighted by molar-refractivity contribution is 5.19. The van der Waals surface area contributed by atoms with Crippen LogP contribution in [0.2, 0.25) is 0 Å². The van der Waals surface area contributed by atoms with Crippen LogP contribution in [-0.2, 0) is 5.41 Å². The van der Waals surface area contributed by atoms with Gasteiger partial charge in [0.25, 0.3) is 0 Å². The van der Waals surface area contributed by atoms with Crippen LogP contribution < -0.4 is 0 Å². The molecule has 1 nitrogen and oxygen atoms in total. The highest BCUT2D eigenvalue weighted by atomic mass is 14.7. The summed E-state index contributed by atoms with van der Waals surface area (Å²) in [5.41, 5.74) is 2.57. The molecule has 1 heteroatoms. The van der Waals surface area contributed by atoms with Gasteiger partial charge in [0.1, 0.15) is 0 Å². The quantitative estimate of drug-likeness (QED) is 0.691. The maximum Gasteiger partial charge on any atom is 0.0460 e. The van der Waals surface area contributed by atoms with E-state index in [1.54, 1.807) is 0 Å². The lowest BCUT2D eigenvalue weighted by Gasteiger charge is -2.19. The molecule has 78 valence electrons. The molecule has 0 aromatic carbocycles. The van der Waals surface area contributed by atoms with E-state index < -0.39 is 0 Å². The summed E-state index contributed by atoms with van der Waals surface area (Å²) in [5.74, 6) is 0.567. The highest BCUT2D eigenvalue weighted by Crippen LogP contribution is 2.23. The Morgan fingerprint density at radius 3 is 2.43 bits per heavy atom. The summed E-state index contributed by atoms with van der Waals surface area (Å²) in [4.78, 5) is 4.71. The Labute approximate surface area is 87.6 Å². The molecule has 1 aromatic rings. The van der Waals surface area contributed by atoms with E-state index in [4.69, 9.17) is 4.98 Å². The largest absolute Gasteiger partial charge is 0.257 e. The third-order valence-corrected chi connectivity index (χ3v) is 2.66. The number of rotatable bonds is 2. The van der Waals surface area contributed by atoms with Crippen molar-refractivity contribution in [2.24, 2.45) is 0 Å². The van der Waals surface area contributed by atoms with Gasteiger partial charge in [-0.05, 0) is 24.5 Å². The second-order valence-electron chi connectivity index (χ2n) is 5.01. The van der Waals surface area contributed by atoms with E-state index in [1.165, 1.54) is 11.4 Å². The van der Waals surface area contributed by atoms with Gasteiger partial charge in [-0.2, -0.15) is 0 Å². The van der Waals surface area contributed by atoms with Crippen LogP contribution in [0.25, 0.3) is 0 Å². The van der Waals surface area contributed by atoms with Gasteiger partial charge in [-0.15, -0.1) is 0 Å². The van der Waals surface area contributed by atoms with E-state index in [-0.39, 0.29) is 5.41 Å². The van der Waals surface area contributed by atoms with Crippen molar-refractivity contribution in [2.45, 2.75) is 52.4 Å². The molecule has 1 rings (SSSR count). The fourth-order valence-corrected chi connectivity index (χ4v) is 1.35. The van der Waals surface area contributed by atoms with Crippen molar-refractivity contribution < 1.29 is 0 Å². The van der Waals surface area contributed by atoms with Crippen LogP contribution in [0.4, 0.5) is 0 Å². The Balaban J connectivity index is 3.01. The third kappa shape index (κ3) is 2.57. The summed E-state index contributed by atoms with van der Waals surface area (Å²) in [5, 5.41) is 0. The standard InChI is InChI=1S/C13H21N/c1-6-10(2)11-8-7-9-12(14-11)13(3,4)5/h7-10H,6H2,1-5H3. The summed E-state index contributed by atoms with van der Waals surface area (Å²) < 4.78 is 0. The minimum absolute atomic E-state index is 0.156. The van der Waals surface area contributed by atoms with Crippen molar-refractivity contribution in [1.82, 2.24) is 4.98 Å². The van der Waals surface area contributed by atoms with Crippen molar-refractivity contribution in [2.75, 3.05) is 0 Å². The predicted molar refractivity (Wildman–Crippen MR) is 61.6 cm³/mol. The number of aromatic nitrogens is 1. The Kier molecular flexibility index (Phi) is 3.30. The Bertz CT molecular complexity index is 296. The van der Waals surface area contributed by atoms with E-state index in [0.29, 0.717) is 5.92 Å². The Morgan fingerprint density at radius 1 is 1.29 bits per heavy atom. The average Bonchev–Trinajstić information content (AvgIpc) is 2.15. The number of pyridine rings is 1. The van der Waals surface area contributed by atoms with Crippen LogP contribution in [0.5, 0.6) is 0 Å². The number of hydrogen-bond acceptors (Lipinski definition) is 1. The van der Waals surface area contributed by atoms with E-state index in [1.807, 2.05) is 0 Å². The predicted octanol–water partition coefficient (Wildman–Crippen LogP) is 3.89. The molecule has 1 unspecified atom stereocenters. The first-order valence-corrected chi connectivity index (χ1v) is 5.42. The maximum absolute atomic E-state index is 4.71. The van der Waals surface area contributed by atoms with Crippen LogP contribution in [-0.4, -0.2) is 4.98 Å². The first-order valence-electron chi connectivity index (χ1n) is 5.42. The molecule has 1 aromatic heterocycles. The molecule has 0 fully saturated rings. The van der Waals surface area contributed by atoms with Gasteiger partial charge in [-0.25, -0.2) is 0 Å². The summed E-state index contributed by atoms with van der Waals surface area (Å²) >= 11 is 0. The van der Waals surface area contributed by atoms with Crippen molar-refractivity contribution in [3.63, 3.8) is 0 Å². The summed E-state index contributed by atoms with van der Waals surface area (Å²) in [6, 6.07) is 6.37. The van der Waals surface area contributed by atoms with Crippen LogP contribution in [0.1, 0.15) is 58.3 Å². The Hall–Kier alpha value is -0.850. The van der Waals surface area contributed by atoms with Gasteiger partial charge in [0, 0.05) is 16.8 Å². The zero-order valence-electron chi connectivity index (χ0n) is 9.96. The number of nitrogens with zero attached hydrogens (tertiary/aromatic N) is 1. The smallest absolute Gasteiger partial charge is 0.0460 e. The van der Waals surface area contributed by atoms with E-state index in [2.05, 4.69) is 52.8 Å². The highest BCUT2D eigenvalue weighted by Gasteiger charge is 2.16. The van der Waals surface area contributed by atoms with Crippen LogP contribution in [0.15, 0.2) is 18.2 Å².